The Morgan fingerprint density at radius 3 is 2.64 bits per heavy atom. The molecule has 114 valence electrons. The van der Waals surface area contributed by atoms with Crippen molar-refractivity contribution in [2.45, 2.75) is 13.3 Å². The number of rotatable bonds is 0. The van der Waals surface area contributed by atoms with Gasteiger partial charge in [-0.25, -0.2) is 9.98 Å². The predicted octanol–water partition coefficient (Wildman–Crippen LogP) is 1.27. The zero-order valence-corrected chi connectivity index (χ0v) is 13.0. The third kappa shape index (κ3) is 2.29. The van der Waals surface area contributed by atoms with Crippen molar-refractivity contribution >= 4 is 11.6 Å². The van der Waals surface area contributed by atoms with E-state index in [9.17, 15) is 0 Å². The van der Waals surface area contributed by atoms with Gasteiger partial charge in [0.15, 0.2) is 0 Å². The van der Waals surface area contributed by atoms with Gasteiger partial charge in [0.2, 0.25) is 5.96 Å². The topological polar surface area (TPSA) is 49.6 Å². The highest BCUT2D eigenvalue weighted by atomic mass is 15.5. The molecule has 0 amide bonds. The van der Waals surface area contributed by atoms with Crippen LogP contribution in [0.3, 0.4) is 0 Å². The average Bonchev–Trinajstić information content (AvgIpc) is 2.80. The molecular weight excluding hydrogens is 276 g/mol. The molecule has 1 aromatic carbocycles. The molecule has 0 bridgehead atoms. The first-order valence-electron chi connectivity index (χ1n) is 7.74. The van der Waals surface area contributed by atoms with E-state index in [-0.39, 0.29) is 0 Å². The van der Waals surface area contributed by atoms with E-state index in [4.69, 9.17) is 4.99 Å². The van der Waals surface area contributed by atoms with Gasteiger partial charge in [0.25, 0.3) is 0 Å². The highest BCUT2D eigenvalue weighted by molar-refractivity contribution is 5.86. The third-order valence-corrected chi connectivity index (χ3v) is 4.32. The Labute approximate surface area is 130 Å². The number of hydrogen-bond acceptors (Lipinski definition) is 5. The maximum Gasteiger partial charge on any atom is 0.228 e. The van der Waals surface area contributed by atoms with Gasteiger partial charge in [0.05, 0.1) is 5.69 Å². The highest BCUT2D eigenvalue weighted by Gasteiger charge is 2.25. The smallest absolute Gasteiger partial charge is 0.228 e. The van der Waals surface area contributed by atoms with Crippen LogP contribution in [-0.2, 0) is 6.42 Å². The molecule has 6 nitrogen and oxygen atoms in total. The van der Waals surface area contributed by atoms with E-state index in [0.29, 0.717) is 0 Å². The largest absolute Gasteiger partial charge is 0.338 e. The van der Waals surface area contributed by atoms with Crippen molar-refractivity contribution in [2.24, 2.45) is 4.99 Å². The molecule has 0 spiro atoms. The molecule has 1 saturated heterocycles. The molecule has 4 rings (SSSR count). The number of aliphatic imine (C=N–C) groups is 1. The van der Waals surface area contributed by atoms with E-state index in [0.717, 1.165) is 55.9 Å². The van der Waals surface area contributed by atoms with Crippen LogP contribution in [0.1, 0.15) is 17.2 Å². The van der Waals surface area contributed by atoms with Crippen molar-refractivity contribution in [3.05, 3.63) is 41.5 Å². The molecule has 2 aliphatic heterocycles. The number of fused-ring (bicyclic) bond motifs is 2. The quantitative estimate of drug-likeness (QED) is 0.735. The van der Waals surface area contributed by atoms with Crippen LogP contribution in [0.2, 0.25) is 0 Å². The first-order chi connectivity index (χ1) is 10.7. The minimum Gasteiger partial charge on any atom is -0.338 e. The van der Waals surface area contributed by atoms with E-state index >= 15 is 0 Å². The molecule has 0 aliphatic carbocycles. The van der Waals surface area contributed by atoms with Crippen LogP contribution >= 0.6 is 0 Å². The number of aryl methyl sites for hydroxylation is 1. The molecular formula is C16H20N6. The van der Waals surface area contributed by atoms with E-state index < -0.39 is 0 Å². The number of likely N-dealkylation sites (N-methyl/N-ethyl adjacent to an activating group) is 1. The Kier molecular flexibility index (Phi) is 3.18. The fourth-order valence-corrected chi connectivity index (χ4v) is 3.04. The van der Waals surface area contributed by atoms with Crippen LogP contribution < -0.4 is 0 Å². The number of piperazine rings is 1. The van der Waals surface area contributed by atoms with Gasteiger partial charge in [-0.3, -0.25) is 0 Å². The second-order valence-electron chi connectivity index (χ2n) is 5.99. The van der Waals surface area contributed by atoms with Crippen molar-refractivity contribution in [3.8, 4) is 0 Å². The summed E-state index contributed by atoms with van der Waals surface area (Å²) in [5.41, 5.74) is 2.24. The van der Waals surface area contributed by atoms with Gasteiger partial charge in [-0.15, -0.1) is 5.10 Å². The van der Waals surface area contributed by atoms with Gasteiger partial charge in [-0.1, -0.05) is 18.2 Å². The maximum absolute atomic E-state index is 4.93. The van der Waals surface area contributed by atoms with Gasteiger partial charge in [-0.05, 0) is 25.6 Å². The standard InChI is InChI=1S/C16H20N6/c1-12-17-15-11-13-5-3-4-6-14(13)18-16(22(15)19-12)21-9-7-20(2)8-10-21/h3-6H,7-11H2,1-2H3. The second-order valence-corrected chi connectivity index (χ2v) is 5.99. The average molecular weight is 296 g/mol. The Morgan fingerprint density at radius 1 is 1.05 bits per heavy atom. The zero-order valence-electron chi connectivity index (χ0n) is 13.0. The normalized spacial score (nSPS) is 18.5. The van der Waals surface area contributed by atoms with Gasteiger partial charge in [-0.2, -0.15) is 4.68 Å². The third-order valence-electron chi connectivity index (χ3n) is 4.32. The molecule has 1 fully saturated rings. The number of hydrogen-bond donors (Lipinski definition) is 0. The van der Waals surface area contributed by atoms with Gasteiger partial charge < -0.3 is 9.80 Å². The molecule has 0 unspecified atom stereocenters. The Balaban J connectivity index is 1.81. The molecule has 0 N–H and O–H groups in total. The van der Waals surface area contributed by atoms with Gasteiger partial charge in [0.1, 0.15) is 11.6 Å². The number of aromatic nitrogens is 3. The van der Waals surface area contributed by atoms with E-state index in [2.05, 4.69) is 45.1 Å². The Bertz CT molecular complexity index is 724. The summed E-state index contributed by atoms with van der Waals surface area (Å²) in [7, 11) is 2.16. The first kappa shape index (κ1) is 13.5. The lowest BCUT2D eigenvalue weighted by Gasteiger charge is -2.34. The van der Waals surface area contributed by atoms with Crippen LogP contribution in [0.4, 0.5) is 5.69 Å². The molecule has 0 atom stereocenters. The molecule has 6 heteroatoms. The second kappa shape index (κ2) is 5.21. The summed E-state index contributed by atoms with van der Waals surface area (Å²) in [6.07, 6.45) is 0.776. The van der Waals surface area contributed by atoms with Crippen LogP contribution in [0.25, 0.3) is 0 Å². The summed E-state index contributed by atoms with van der Waals surface area (Å²) in [6, 6.07) is 8.30. The molecule has 2 aromatic rings. The molecule has 22 heavy (non-hydrogen) atoms. The zero-order chi connectivity index (χ0) is 15.1. The fourth-order valence-electron chi connectivity index (χ4n) is 3.04. The monoisotopic (exact) mass is 296 g/mol. The fraction of sp³-hybridized carbons (Fsp3) is 0.438. The SMILES string of the molecule is Cc1nc2n(n1)C(N1CCN(C)CC1)=Nc1ccccc1C2. The maximum atomic E-state index is 4.93. The molecule has 0 saturated carbocycles. The van der Waals surface area contributed by atoms with E-state index in [1.165, 1.54) is 5.56 Å². The Hall–Kier alpha value is -2.21. The minimum atomic E-state index is 0.776. The number of nitrogens with zero attached hydrogens (tertiary/aromatic N) is 6. The lowest BCUT2D eigenvalue weighted by molar-refractivity contribution is 0.211. The predicted molar refractivity (Wildman–Crippen MR) is 85.6 cm³/mol. The summed E-state index contributed by atoms with van der Waals surface area (Å²) in [5.74, 6) is 2.69. The van der Waals surface area contributed by atoms with Crippen LogP contribution in [0.15, 0.2) is 29.3 Å². The summed E-state index contributed by atoms with van der Waals surface area (Å²) < 4.78 is 1.93. The van der Waals surface area contributed by atoms with Gasteiger partial charge in [0, 0.05) is 32.6 Å². The number of para-hydroxylation sites is 1. The van der Waals surface area contributed by atoms with Crippen molar-refractivity contribution in [2.75, 3.05) is 33.2 Å². The van der Waals surface area contributed by atoms with Crippen molar-refractivity contribution in [1.29, 1.82) is 0 Å². The van der Waals surface area contributed by atoms with Crippen LogP contribution in [-0.4, -0.2) is 63.8 Å². The summed E-state index contributed by atoms with van der Waals surface area (Å²) in [5, 5.41) is 4.59. The lowest BCUT2D eigenvalue weighted by Crippen LogP contribution is -2.49. The van der Waals surface area contributed by atoms with Crippen LogP contribution in [0, 0.1) is 6.92 Å². The lowest BCUT2D eigenvalue weighted by atomic mass is 10.1. The first-order valence-corrected chi connectivity index (χ1v) is 7.74. The molecule has 0 radical (unpaired) electrons. The van der Waals surface area contributed by atoms with Crippen molar-refractivity contribution in [3.63, 3.8) is 0 Å². The van der Waals surface area contributed by atoms with Crippen molar-refractivity contribution in [1.82, 2.24) is 24.6 Å². The molecule has 1 aromatic heterocycles. The molecule has 3 heterocycles. The summed E-state index contributed by atoms with van der Waals surface area (Å²) in [6.45, 7) is 5.97. The summed E-state index contributed by atoms with van der Waals surface area (Å²) in [4.78, 5) is 14.2. The summed E-state index contributed by atoms with van der Waals surface area (Å²) >= 11 is 0. The number of benzene rings is 1. The van der Waals surface area contributed by atoms with Crippen molar-refractivity contribution < 1.29 is 0 Å². The van der Waals surface area contributed by atoms with E-state index in [1.54, 1.807) is 0 Å². The molecule has 2 aliphatic rings. The van der Waals surface area contributed by atoms with Gasteiger partial charge >= 0.3 is 0 Å². The minimum absolute atomic E-state index is 0.776. The van der Waals surface area contributed by atoms with Crippen LogP contribution in [0.5, 0.6) is 0 Å². The highest BCUT2D eigenvalue weighted by Crippen LogP contribution is 2.25. The Morgan fingerprint density at radius 2 is 1.82 bits per heavy atom. The van der Waals surface area contributed by atoms with E-state index in [1.807, 2.05) is 17.7 Å².